The van der Waals surface area contributed by atoms with Crippen molar-refractivity contribution in [3.05, 3.63) is 20.2 Å². The van der Waals surface area contributed by atoms with Gasteiger partial charge in [-0.05, 0) is 13.3 Å². The second kappa shape index (κ2) is 6.13. The molecule has 0 saturated carbocycles. The first-order valence-corrected chi connectivity index (χ1v) is 7.24. The van der Waals surface area contributed by atoms with E-state index >= 15 is 0 Å². The first kappa shape index (κ1) is 16.6. The molecule has 2 aliphatic heterocycles. The van der Waals surface area contributed by atoms with Crippen LogP contribution in [0.4, 0.5) is 0 Å². The molecule has 10 nitrogen and oxygen atoms in total. The average molecular weight is 316 g/mol. The van der Waals surface area contributed by atoms with E-state index < -0.39 is 26.8 Å². The summed E-state index contributed by atoms with van der Waals surface area (Å²) in [6, 6.07) is 0. The number of amides is 1. The van der Waals surface area contributed by atoms with Gasteiger partial charge in [0.05, 0.1) is 19.6 Å². The van der Waals surface area contributed by atoms with Gasteiger partial charge in [-0.3, -0.25) is 29.9 Å². The number of carbonyl (C=O) groups excluding carboxylic acids is 1. The van der Waals surface area contributed by atoms with Gasteiger partial charge >= 0.3 is 5.54 Å². The summed E-state index contributed by atoms with van der Waals surface area (Å²) in [7, 11) is 0. The maximum atomic E-state index is 12.0. The van der Waals surface area contributed by atoms with Gasteiger partial charge in [0.2, 0.25) is 0 Å². The van der Waals surface area contributed by atoms with E-state index in [1.165, 1.54) is 0 Å². The highest BCUT2D eigenvalue weighted by atomic mass is 16.6. The molecule has 2 aliphatic rings. The minimum Gasteiger partial charge on any atom is -0.382 e. The molecule has 0 aromatic carbocycles. The van der Waals surface area contributed by atoms with Gasteiger partial charge in [0.1, 0.15) is 6.42 Å². The van der Waals surface area contributed by atoms with Crippen molar-refractivity contribution < 1.29 is 19.4 Å². The molecule has 0 spiro atoms. The Morgan fingerprint density at radius 2 is 2.05 bits per heavy atom. The summed E-state index contributed by atoms with van der Waals surface area (Å²) in [4.78, 5) is 35.4. The Morgan fingerprint density at radius 1 is 1.32 bits per heavy atom. The summed E-state index contributed by atoms with van der Waals surface area (Å²) in [6.07, 6.45) is 0.255. The minimum atomic E-state index is -1.94. The van der Waals surface area contributed by atoms with Crippen LogP contribution in [-0.2, 0) is 9.53 Å². The molecule has 0 radical (unpaired) electrons. The van der Waals surface area contributed by atoms with Crippen LogP contribution in [0.15, 0.2) is 0 Å². The van der Waals surface area contributed by atoms with Gasteiger partial charge in [0.25, 0.3) is 11.4 Å². The smallest absolute Gasteiger partial charge is 0.317 e. The molecule has 2 fully saturated rings. The largest absolute Gasteiger partial charge is 0.382 e. The molecule has 10 heteroatoms. The Labute approximate surface area is 127 Å². The molecule has 2 saturated heterocycles. The quantitative estimate of drug-likeness (QED) is 0.373. The SMILES string of the molecule is CCOCCCN1C[C@@]2([N+](=O)[O-])CNC(=O)[C@@]([N+](=O)[O-])(C1)C2. The molecule has 124 valence electrons. The van der Waals surface area contributed by atoms with Crippen LogP contribution in [0.1, 0.15) is 19.8 Å². The number of fused-ring (bicyclic) bond motifs is 2. The lowest BCUT2D eigenvalue weighted by atomic mass is 9.74. The van der Waals surface area contributed by atoms with Gasteiger partial charge in [-0.25, -0.2) is 0 Å². The van der Waals surface area contributed by atoms with Gasteiger partial charge in [-0.2, -0.15) is 0 Å². The maximum absolute atomic E-state index is 12.0. The highest BCUT2D eigenvalue weighted by molar-refractivity contribution is 5.86. The summed E-state index contributed by atoms with van der Waals surface area (Å²) in [5.41, 5.74) is -3.43. The first-order chi connectivity index (χ1) is 10.4. The normalized spacial score (nSPS) is 31.6. The van der Waals surface area contributed by atoms with E-state index in [9.17, 15) is 25.0 Å². The molecule has 0 aromatic rings. The predicted octanol–water partition coefficient (Wildman–Crippen LogP) is -0.720. The van der Waals surface area contributed by atoms with Gasteiger partial charge in [0, 0.05) is 29.6 Å². The second-order valence-electron chi connectivity index (χ2n) is 5.89. The molecule has 1 amide bonds. The zero-order valence-corrected chi connectivity index (χ0v) is 12.4. The van der Waals surface area contributed by atoms with Crippen molar-refractivity contribution in [1.29, 1.82) is 0 Å². The van der Waals surface area contributed by atoms with E-state index in [2.05, 4.69) is 5.32 Å². The van der Waals surface area contributed by atoms with Gasteiger partial charge in [-0.1, -0.05) is 0 Å². The van der Waals surface area contributed by atoms with Crippen molar-refractivity contribution in [3.8, 4) is 0 Å². The zero-order chi connectivity index (χ0) is 16.4. The third-order valence-electron chi connectivity index (χ3n) is 4.33. The summed E-state index contributed by atoms with van der Waals surface area (Å²) >= 11 is 0. The Morgan fingerprint density at radius 3 is 2.64 bits per heavy atom. The number of ether oxygens (including phenoxy) is 1. The Balaban J connectivity index is 2.20. The number of likely N-dealkylation sites (tertiary alicyclic amines) is 1. The van der Waals surface area contributed by atoms with E-state index in [1.54, 1.807) is 4.90 Å². The Kier molecular flexibility index (Phi) is 4.61. The average Bonchev–Trinajstić information content (AvgIpc) is 2.47. The second-order valence-corrected chi connectivity index (χ2v) is 5.89. The van der Waals surface area contributed by atoms with Crippen LogP contribution >= 0.6 is 0 Å². The zero-order valence-electron chi connectivity index (χ0n) is 12.4. The monoisotopic (exact) mass is 316 g/mol. The third-order valence-corrected chi connectivity index (χ3v) is 4.33. The standard InChI is InChI=1S/C12H20N4O6/c1-2-22-5-3-4-14-8-11(15(18)19)6-12(9-14,16(20)21)10(17)13-7-11/h2-9H2,1H3,(H,13,17)/t11-,12-/m0/s1. The Bertz CT molecular complexity index is 486. The molecular weight excluding hydrogens is 296 g/mol. The summed E-state index contributed by atoms with van der Waals surface area (Å²) in [5.74, 6) is -0.732. The van der Waals surface area contributed by atoms with Crippen LogP contribution in [0.2, 0.25) is 0 Å². The molecular formula is C12H20N4O6. The van der Waals surface area contributed by atoms with Crippen LogP contribution in [0.3, 0.4) is 0 Å². The van der Waals surface area contributed by atoms with E-state index in [4.69, 9.17) is 4.74 Å². The van der Waals surface area contributed by atoms with Crippen LogP contribution in [-0.4, -0.2) is 71.1 Å². The number of nitro groups is 2. The molecule has 0 aliphatic carbocycles. The number of hydrogen-bond donors (Lipinski definition) is 1. The lowest BCUT2D eigenvalue weighted by Crippen LogP contribution is -2.76. The number of hydrogen-bond acceptors (Lipinski definition) is 7. The third kappa shape index (κ3) is 2.75. The highest BCUT2D eigenvalue weighted by Gasteiger charge is 2.68. The van der Waals surface area contributed by atoms with Crippen LogP contribution in [0.5, 0.6) is 0 Å². The fourth-order valence-corrected chi connectivity index (χ4v) is 3.26. The van der Waals surface area contributed by atoms with Gasteiger partial charge in [-0.15, -0.1) is 0 Å². The first-order valence-electron chi connectivity index (χ1n) is 7.24. The number of nitrogens with zero attached hydrogens (tertiary/aromatic N) is 3. The summed E-state index contributed by atoms with van der Waals surface area (Å²) < 4.78 is 5.21. The molecule has 2 bridgehead atoms. The molecule has 2 atom stereocenters. The molecule has 2 rings (SSSR count). The molecule has 22 heavy (non-hydrogen) atoms. The Hall–Kier alpha value is -1.81. The van der Waals surface area contributed by atoms with E-state index in [0.29, 0.717) is 26.2 Å². The van der Waals surface area contributed by atoms with Crippen molar-refractivity contribution in [1.82, 2.24) is 10.2 Å². The van der Waals surface area contributed by atoms with E-state index in [1.807, 2.05) is 6.92 Å². The summed E-state index contributed by atoms with van der Waals surface area (Å²) in [6.45, 7) is 3.17. The number of carbonyl (C=O) groups is 1. The van der Waals surface area contributed by atoms with E-state index in [0.717, 1.165) is 0 Å². The fourth-order valence-electron chi connectivity index (χ4n) is 3.26. The van der Waals surface area contributed by atoms with Crippen LogP contribution in [0.25, 0.3) is 0 Å². The lowest BCUT2D eigenvalue weighted by Gasteiger charge is -2.45. The number of piperidine rings is 2. The van der Waals surface area contributed by atoms with E-state index in [-0.39, 0.29) is 26.1 Å². The van der Waals surface area contributed by atoms with Crippen molar-refractivity contribution in [2.75, 3.05) is 39.4 Å². The van der Waals surface area contributed by atoms with Gasteiger partial charge < -0.3 is 10.1 Å². The highest BCUT2D eigenvalue weighted by Crippen LogP contribution is 2.36. The topological polar surface area (TPSA) is 128 Å². The molecule has 1 N–H and O–H groups in total. The van der Waals surface area contributed by atoms with Crippen LogP contribution < -0.4 is 5.32 Å². The lowest BCUT2D eigenvalue weighted by molar-refractivity contribution is -0.618. The fraction of sp³-hybridized carbons (Fsp3) is 0.917. The molecule has 0 aromatic heterocycles. The maximum Gasteiger partial charge on any atom is 0.317 e. The number of nitrogens with one attached hydrogen (secondary N) is 1. The van der Waals surface area contributed by atoms with Crippen molar-refractivity contribution in [2.45, 2.75) is 30.8 Å². The van der Waals surface area contributed by atoms with Crippen LogP contribution in [0, 0.1) is 20.2 Å². The van der Waals surface area contributed by atoms with Crippen molar-refractivity contribution >= 4 is 5.91 Å². The van der Waals surface area contributed by atoms with Crippen molar-refractivity contribution in [2.24, 2.45) is 0 Å². The predicted molar refractivity (Wildman–Crippen MR) is 74.6 cm³/mol. The molecule has 2 heterocycles. The van der Waals surface area contributed by atoms with Crippen molar-refractivity contribution in [3.63, 3.8) is 0 Å². The summed E-state index contributed by atoms with van der Waals surface area (Å²) in [5, 5.41) is 25.3. The molecule has 0 unspecified atom stereocenters. The number of rotatable bonds is 7. The van der Waals surface area contributed by atoms with Gasteiger partial charge in [0.15, 0.2) is 0 Å². The minimum absolute atomic E-state index is 0.0992.